The van der Waals surface area contributed by atoms with Gasteiger partial charge in [0.25, 0.3) is 0 Å². The van der Waals surface area contributed by atoms with Crippen molar-refractivity contribution in [2.24, 2.45) is 5.92 Å². The van der Waals surface area contributed by atoms with Crippen LogP contribution in [0.15, 0.2) is 0 Å². The van der Waals surface area contributed by atoms with E-state index < -0.39 is 12.0 Å². The van der Waals surface area contributed by atoms with E-state index in [4.69, 9.17) is 0 Å². The van der Waals surface area contributed by atoms with Gasteiger partial charge in [0.15, 0.2) is 0 Å². The Kier molecular flexibility index (Phi) is 16.3. The number of hydrogen-bond acceptors (Lipinski definition) is 3. The Morgan fingerprint density at radius 3 is 1.90 bits per heavy atom. The van der Waals surface area contributed by atoms with Crippen LogP contribution in [0.25, 0.3) is 0 Å². The number of carbonyl (C=O) groups excluding carboxylic acids is 1. The standard InChI is InChI=1S/C25H47NO3S/c1-3-4-5-6-7-8-9-10-11-12-13-14-15-16-20-30-21-22(2)24(27)26-19-17-18-23(26)25(28)29/h22-23H,3-21H2,1-2H3,(H,28,29)/t22-,23+/m1/s1. The third-order valence-corrected chi connectivity index (χ3v) is 7.57. The van der Waals surface area contributed by atoms with Crippen molar-refractivity contribution >= 4 is 23.6 Å². The van der Waals surface area contributed by atoms with E-state index in [0.29, 0.717) is 13.0 Å². The Balaban J connectivity index is 1.88. The van der Waals surface area contributed by atoms with Gasteiger partial charge in [0.2, 0.25) is 5.91 Å². The molecule has 0 aromatic rings. The van der Waals surface area contributed by atoms with E-state index >= 15 is 0 Å². The van der Waals surface area contributed by atoms with E-state index in [1.165, 1.54) is 89.9 Å². The number of amides is 1. The Labute approximate surface area is 189 Å². The average Bonchev–Trinajstić information content (AvgIpc) is 3.23. The monoisotopic (exact) mass is 441 g/mol. The van der Waals surface area contributed by atoms with Crippen molar-refractivity contribution in [1.29, 1.82) is 0 Å². The average molecular weight is 442 g/mol. The molecule has 1 aliphatic heterocycles. The molecule has 1 aliphatic rings. The molecule has 1 rings (SSSR count). The maximum Gasteiger partial charge on any atom is 0.326 e. The lowest BCUT2D eigenvalue weighted by molar-refractivity contribution is -0.149. The molecule has 1 fully saturated rings. The first-order valence-electron chi connectivity index (χ1n) is 12.7. The molecular formula is C25H47NO3S. The molecule has 4 nitrogen and oxygen atoms in total. The Hall–Kier alpha value is -0.710. The van der Waals surface area contributed by atoms with Gasteiger partial charge in [-0.3, -0.25) is 4.79 Å². The van der Waals surface area contributed by atoms with Crippen LogP contribution in [0.3, 0.4) is 0 Å². The molecule has 30 heavy (non-hydrogen) atoms. The first-order valence-corrected chi connectivity index (χ1v) is 13.8. The predicted molar refractivity (Wildman–Crippen MR) is 129 cm³/mol. The van der Waals surface area contributed by atoms with Gasteiger partial charge < -0.3 is 10.0 Å². The van der Waals surface area contributed by atoms with Gasteiger partial charge in [-0.15, -0.1) is 0 Å². The largest absolute Gasteiger partial charge is 0.480 e. The Morgan fingerprint density at radius 1 is 0.900 bits per heavy atom. The number of aliphatic carboxylic acids is 1. The summed E-state index contributed by atoms with van der Waals surface area (Å²) in [6.45, 7) is 4.82. The van der Waals surface area contributed by atoms with Crippen LogP contribution in [0.1, 0.15) is 117 Å². The van der Waals surface area contributed by atoms with Crippen molar-refractivity contribution in [2.75, 3.05) is 18.1 Å². The molecule has 0 bridgehead atoms. The number of carbonyl (C=O) groups is 2. The number of hydrogen-bond donors (Lipinski definition) is 1. The van der Waals surface area contributed by atoms with Gasteiger partial charge in [0.1, 0.15) is 6.04 Å². The number of carboxylic acid groups (broad SMARTS) is 1. The highest BCUT2D eigenvalue weighted by Crippen LogP contribution is 2.22. The first-order chi connectivity index (χ1) is 14.6. The van der Waals surface area contributed by atoms with E-state index in [2.05, 4.69) is 6.92 Å². The summed E-state index contributed by atoms with van der Waals surface area (Å²) < 4.78 is 0. The number of rotatable bonds is 19. The van der Waals surface area contributed by atoms with E-state index in [0.717, 1.165) is 17.9 Å². The first kappa shape index (κ1) is 27.3. The van der Waals surface area contributed by atoms with Crippen LogP contribution in [0.5, 0.6) is 0 Å². The van der Waals surface area contributed by atoms with Crippen LogP contribution >= 0.6 is 11.8 Å². The summed E-state index contributed by atoms with van der Waals surface area (Å²) in [5, 5.41) is 9.24. The number of unbranched alkanes of at least 4 members (excludes halogenated alkanes) is 13. The summed E-state index contributed by atoms with van der Waals surface area (Å²) in [6, 6.07) is -0.601. The van der Waals surface area contributed by atoms with Gasteiger partial charge in [-0.05, 0) is 25.0 Å². The molecule has 0 saturated carbocycles. The summed E-state index contributed by atoms with van der Waals surface area (Å²) in [5.74, 6) is 0.996. The molecular weight excluding hydrogens is 394 g/mol. The summed E-state index contributed by atoms with van der Waals surface area (Å²) in [6.07, 6.45) is 20.7. The van der Waals surface area contributed by atoms with Crippen molar-refractivity contribution in [1.82, 2.24) is 4.90 Å². The smallest absolute Gasteiger partial charge is 0.326 e. The van der Waals surface area contributed by atoms with Crippen molar-refractivity contribution < 1.29 is 14.7 Å². The van der Waals surface area contributed by atoms with Crippen molar-refractivity contribution in [3.05, 3.63) is 0 Å². The Morgan fingerprint density at radius 2 is 1.40 bits per heavy atom. The fourth-order valence-corrected chi connectivity index (χ4v) is 5.37. The number of likely N-dealkylation sites (tertiary alicyclic amines) is 1. The van der Waals surface area contributed by atoms with Crippen molar-refractivity contribution in [2.45, 2.75) is 123 Å². The highest BCUT2D eigenvalue weighted by atomic mass is 32.2. The minimum absolute atomic E-state index is 0.0216. The molecule has 0 aromatic carbocycles. The molecule has 1 saturated heterocycles. The van der Waals surface area contributed by atoms with E-state index in [1.807, 2.05) is 18.7 Å². The maximum atomic E-state index is 12.5. The topological polar surface area (TPSA) is 57.6 Å². The van der Waals surface area contributed by atoms with Crippen molar-refractivity contribution in [3.63, 3.8) is 0 Å². The second-order valence-electron chi connectivity index (χ2n) is 9.10. The molecule has 0 aliphatic carbocycles. The van der Waals surface area contributed by atoms with Crippen LogP contribution in [0.2, 0.25) is 0 Å². The van der Waals surface area contributed by atoms with Gasteiger partial charge in [0.05, 0.1) is 0 Å². The second kappa shape index (κ2) is 17.9. The molecule has 1 N–H and O–H groups in total. The van der Waals surface area contributed by atoms with Crippen LogP contribution in [-0.4, -0.2) is 46.0 Å². The second-order valence-corrected chi connectivity index (χ2v) is 10.2. The maximum absolute atomic E-state index is 12.5. The van der Waals surface area contributed by atoms with Crippen LogP contribution < -0.4 is 0 Å². The minimum Gasteiger partial charge on any atom is -0.480 e. The zero-order chi connectivity index (χ0) is 22.0. The van der Waals surface area contributed by atoms with Crippen LogP contribution in [-0.2, 0) is 9.59 Å². The fourth-order valence-electron chi connectivity index (χ4n) is 4.30. The third kappa shape index (κ3) is 12.2. The SMILES string of the molecule is CCCCCCCCCCCCCCCCSC[C@@H](C)C(=O)N1CCC[C@H]1C(=O)O. The van der Waals surface area contributed by atoms with Crippen LogP contribution in [0.4, 0.5) is 0 Å². The summed E-state index contributed by atoms with van der Waals surface area (Å²) in [4.78, 5) is 25.3. The normalized spacial score (nSPS) is 17.4. The van der Waals surface area contributed by atoms with Gasteiger partial charge in [0, 0.05) is 18.2 Å². The zero-order valence-corrected chi connectivity index (χ0v) is 20.5. The van der Waals surface area contributed by atoms with E-state index in [1.54, 1.807) is 4.90 Å². The lowest BCUT2D eigenvalue weighted by atomic mass is 10.0. The van der Waals surface area contributed by atoms with Crippen molar-refractivity contribution in [3.8, 4) is 0 Å². The summed E-state index contributed by atoms with van der Waals surface area (Å²) in [5.41, 5.74) is 0. The van der Waals surface area contributed by atoms with E-state index in [-0.39, 0.29) is 11.8 Å². The lowest BCUT2D eigenvalue weighted by Crippen LogP contribution is -2.43. The molecule has 0 radical (unpaired) electrons. The van der Waals surface area contributed by atoms with Gasteiger partial charge >= 0.3 is 5.97 Å². The fraction of sp³-hybridized carbons (Fsp3) is 0.920. The molecule has 2 atom stereocenters. The molecule has 1 amide bonds. The third-order valence-electron chi connectivity index (χ3n) is 6.25. The predicted octanol–water partition coefficient (Wildman–Crippen LogP) is 6.91. The highest BCUT2D eigenvalue weighted by Gasteiger charge is 2.35. The van der Waals surface area contributed by atoms with Gasteiger partial charge in [-0.25, -0.2) is 4.79 Å². The molecule has 0 spiro atoms. The molecule has 176 valence electrons. The van der Waals surface area contributed by atoms with Crippen LogP contribution in [0, 0.1) is 5.92 Å². The molecule has 0 unspecified atom stereocenters. The number of carboxylic acids is 1. The number of nitrogens with zero attached hydrogens (tertiary/aromatic N) is 1. The van der Waals surface area contributed by atoms with Gasteiger partial charge in [-0.1, -0.05) is 97.3 Å². The quantitative estimate of drug-likeness (QED) is 0.221. The van der Waals surface area contributed by atoms with E-state index in [9.17, 15) is 14.7 Å². The zero-order valence-electron chi connectivity index (χ0n) is 19.7. The Bertz CT molecular complexity index is 458. The molecule has 5 heteroatoms. The summed E-state index contributed by atoms with van der Waals surface area (Å²) >= 11 is 1.85. The van der Waals surface area contributed by atoms with Gasteiger partial charge in [-0.2, -0.15) is 11.8 Å². The summed E-state index contributed by atoms with van der Waals surface area (Å²) in [7, 11) is 0. The minimum atomic E-state index is -0.858. The molecule has 0 aromatic heterocycles. The molecule has 1 heterocycles. The lowest BCUT2D eigenvalue weighted by Gasteiger charge is -2.24. The highest BCUT2D eigenvalue weighted by molar-refractivity contribution is 7.99. The number of thioether (sulfide) groups is 1.